The van der Waals surface area contributed by atoms with Crippen LogP contribution in [0.25, 0.3) is 0 Å². The molecule has 0 aromatic carbocycles. The van der Waals surface area contributed by atoms with Crippen molar-refractivity contribution in [3.63, 3.8) is 0 Å². The summed E-state index contributed by atoms with van der Waals surface area (Å²) in [5.41, 5.74) is 3.06. The number of primary amides is 1. The van der Waals surface area contributed by atoms with E-state index < -0.39 is 17.4 Å². The fourth-order valence-corrected chi connectivity index (χ4v) is 0.934. The van der Waals surface area contributed by atoms with Crippen LogP contribution in [-0.2, 0) is 9.47 Å². The second kappa shape index (κ2) is 5.44. The number of hydrogen-bond acceptors (Lipinski definition) is 6. The Labute approximate surface area is 95.2 Å². The van der Waals surface area contributed by atoms with E-state index >= 15 is 0 Å². The van der Waals surface area contributed by atoms with Gasteiger partial charge in [0.25, 0.3) is 0 Å². The van der Waals surface area contributed by atoms with E-state index in [1.54, 1.807) is 27.7 Å². The maximum absolute atomic E-state index is 10.9. The molecule has 0 aliphatic carbocycles. The molecule has 0 bridgehead atoms. The lowest BCUT2D eigenvalue weighted by molar-refractivity contribution is -0.123. The first-order chi connectivity index (χ1) is 7.07. The zero-order valence-electron chi connectivity index (χ0n) is 10.1. The molecule has 0 fully saturated rings. The van der Waals surface area contributed by atoms with Gasteiger partial charge in [-0.25, -0.2) is 4.79 Å². The van der Waals surface area contributed by atoms with Gasteiger partial charge in [0.2, 0.25) is 0 Å². The van der Waals surface area contributed by atoms with Gasteiger partial charge in [0.05, 0.1) is 6.61 Å². The number of hydroxylamine groups is 1. The Morgan fingerprint density at radius 2 is 1.88 bits per heavy atom. The highest BCUT2D eigenvalue weighted by atomic mass is 16.6. The number of nitrogens with zero attached hydrogens (tertiary/aromatic N) is 1. The number of nitrogens with two attached hydrogens (primary N) is 2. The quantitative estimate of drug-likeness (QED) is 0.396. The van der Waals surface area contributed by atoms with Gasteiger partial charge in [-0.15, -0.1) is 0 Å². The molecule has 7 nitrogen and oxygen atoms in total. The average molecular weight is 234 g/mol. The molecule has 0 aromatic heterocycles. The third kappa shape index (κ3) is 5.86. The van der Waals surface area contributed by atoms with E-state index in [0.717, 1.165) is 0 Å². The van der Waals surface area contributed by atoms with Crippen LogP contribution in [0.5, 0.6) is 0 Å². The normalized spacial score (nSPS) is 12.9. The number of carbonyl (C=O) groups is 1. The largest absolute Gasteiger partial charge is 0.770 e. The van der Waals surface area contributed by atoms with Gasteiger partial charge < -0.3 is 20.4 Å². The minimum Gasteiger partial charge on any atom is -0.770 e. The maximum Gasteiger partial charge on any atom is 0.405 e. The topological polar surface area (TPSA) is 114 Å². The van der Waals surface area contributed by atoms with Gasteiger partial charge in [-0.3, -0.25) is 11.0 Å². The van der Waals surface area contributed by atoms with Gasteiger partial charge in [0, 0.05) is 6.42 Å². The highest BCUT2D eigenvalue weighted by Crippen LogP contribution is 2.17. The Morgan fingerprint density at radius 3 is 2.25 bits per heavy atom. The fraction of sp³-hybridized carbons (Fsp3) is 0.889. The highest BCUT2D eigenvalue weighted by molar-refractivity contribution is 5.65. The monoisotopic (exact) mass is 234 g/mol. The summed E-state index contributed by atoms with van der Waals surface area (Å²) in [6.45, 7) is 6.71. The van der Waals surface area contributed by atoms with Gasteiger partial charge in [-0.1, -0.05) is 0 Å². The molecule has 96 valence electrons. The van der Waals surface area contributed by atoms with Crippen molar-refractivity contribution < 1.29 is 14.3 Å². The van der Waals surface area contributed by atoms with Crippen LogP contribution in [0, 0.1) is 5.21 Å². The van der Waals surface area contributed by atoms with Gasteiger partial charge in [0.1, 0.15) is 11.3 Å². The van der Waals surface area contributed by atoms with E-state index in [2.05, 4.69) is 0 Å². The first-order valence-corrected chi connectivity index (χ1v) is 4.91. The summed E-state index contributed by atoms with van der Waals surface area (Å²) >= 11 is 0. The van der Waals surface area contributed by atoms with Crippen LogP contribution < -0.4 is 11.6 Å². The van der Waals surface area contributed by atoms with Crippen molar-refractivity contribution in [1.29, 1.82) is 0 Å². The summed E-state index contributed by atoms with van der Waals surface area (Å²) in [7, 11) is 0. The molecular weight excluding hydrogens is 214 g/mol. The molecule has 16 heavy (non-hydrogen) atoms. The van der Waals surface area contributed by atoms with E-state index in [-0.39, 0.29) is 11.8 Å². The van der Waals surface area contributed by atoms with Gasteiger partial charge in [0.15, 0.2) is 0 Å². The third-order valence-corrected chi connectivity index (χ3v) is 2.07. The molecule has 0 aromatic rings. The molecule has 0 unspecified atom stereocenters. The van der Waals surface area contributed by atoms with Crippen molar-refractivity contribution in [2.75, 3.05) is 6.61 Å². The molecular formula is C9H20N3O4-. The van der Waals surface area contributed by atoms with Gasteiger partial charge in [-0.05, 0) is 27.7 Å². The van der Waals surface area contributed by atoms with E-state index in [9.17, 15) is 10.0 Å². The van der Waals surface area contributed by atoms with Crippen molar-refractivity contribution in [3.05, 3.63) is 5.21 Å². The van der Waals surface area contributed by atoms with E-state index in [1.165, 1.54) is 0 Å². The lowest BCUT2D eigenvalue weighted by Crippen LogP contribution is -2.47. The van der Waals surface area contributed by atoms with Crippen molar-refractivity contribution in [1.82, 2.24) is 5.17 Å². The Morgan fingerprint density at radius 1 is 1.38 bits per heavy atom. The smallest absolute Gasteiger partial charge is 0.405 e. The molecule has 0 aliphatic rings. The van der Waals surface area contributed by atoms with Crippen LogP contribution in [0.2, 0.25) is 0 Å². The predicted molar refractivity (Wildman–Crippen MR) is 58.8 cm³/mol. The summed E-state index contributed by atoms with van der Waals surface area (Å²) in [5.74, 6) is 5.05. The molecule has 7 heteroatoms. The fourth-order valence-electron chi connectivity index (χ4n) is 0.934. The molecule has 0 radical (unpaired) electrons. The molecule has 0 spiro atoms. The number of ether oxygens (including phenoxy) is 2. The van der Waals surface area contributed by atoms with Crippen LogP contribution >= 0.6 is 0 Å². The van der Waals surface area contributed by atoms with Crippen LogP contribution in [0.3, 0.4) is 0 Å². The van der Waals surface area contributed by atoms with E-state index in [4.69, 9.17) is 21.1 Å². The number of hydrogen-bond donors (Lipinski definition) is 2. The van der Waals surface area contributed by atoms with Crippen molar-refractivity contribution >= 4 is 6.09 Å². The third-order valence-electron chi connectivity index (χ3n) is 2.07. The molecule has 0 saturated carbocycles. The minimum atomic E-state index is -1.11. The lowest BCUT2D eigenvalue weighted by atomic mass is 10.1. The summed E-state index contributed by atoms with van der Waals surface area (Å²) < 4.78 is 10.1. The molecule has 0 rings (SSSR count). The second-order valence-corrected chi connectivity index (χ2v) is 4.55. The van der Waals surface area contributed by atoms with Crippen molar-refractivity contribution in [3.8, 4) is 0 Å². The van der Waals surface area contributed by atoms with Gasteiger partial charge >= 0.3 is 6.09 Å². The number of carbonyl (C=O) groups excluding carboxylic acids is 1. The van der Waals surface area contributed by atoms with E-state index in [1.807, 2.05) is 0 Å². The summed E-state index contributed by atoms with van der Waals surface area (Å²) in [5, 5.41) is 11.1. The molecule has 0 aliphatic heterocycles. The standard InChI is InChI=1S/C9H20N3O4/c1-8(2,16-7(10)13)5-6-15-9(3,4)12(11)14/h5-6,11H2,1-4H3,(H2,10,13)/q-1. The van der Waals surface area contributed by atoms with Crippen LogP contribution in [0.15, 0.2) is 0 Å². The number of amides is 1. The number of hydrazine groups is 1. The van der Waals surface area contributed by atoms with E-state index in [0.29, 0.717) is 6.42 Å². The van der Waals surface area contributed by atoms with Gasteiger partial charge in [-0.2, -0.15) is 0 Å². The average Bonchev–Trinajstić information content (AvgIpc) is 1.99. The molecule has 0 heterocycles. The van der Waals surface area contributed by atoms with Crippen LogP contribution in [0.1, 0.15) is 34.1 Å². The summed E-state index contributed by atoms with van der Waals surface area (Å²) in [4.78, 5) is 10.6. The first-order valence-electron chi connectivity index (χ1n) is 4.91. The molecule has 0 atom stereocenters. The predicted octanol–water partition coefficient (Wildman–Crippen LogP) is 0.677. The molecule has 4 N–H and O–H groups in total. The highest BCUT2D eigenvalue weighted by Gasteiger charge is 2.24. The SMILES string of the molecule is CC(C)(CCOC(C)(C)N(N)[O-])OC(N)=O. The second-order valence-electron chi connectivity index (χ2n) is 4.55. The first kappa shape index (κ1) is 15.1. The zero-order chi connectivity index (χ0) is 13.0. The van der Waals surface area contributed by atoms with Crippen LogP contribution in [-0.4, -0.2) is 29.2 Å². The van der Waals surface area contributed by atoms with Crippen molar-refractivity contribution in [2.45, 2.75) is 45.4 Å². The lowest BCUT2D eigenvalue weighted by Gasteiger charge is -2.40. The molecule has 0 saturated heterocycles. The Hall–Kier alpha value is -0.890. The number of rotatable bonds is 6. The Balaban J connectivity index is 4.02. The summed E-state index contributed by atoms with van der Waals surface area (Å²) in [6.07, 6.45) is -0.429. The van der Waals surface area contributed by atoms with Crippen molar-refractivity contribution in [2.24, 2.45) is 11.6 Å². The Bertz CT molecular complexity index is 241. The maximum atomic E-state index is 10.9. The summed E-state index contributed by atoms with van der Waals surface area (Å²) in [6, 6.07) is 0. The molecule has 1 amide bonds. The minimum absolute atomic E-state index is 0.225. The Kier molecular flexibility index (Phi) is 5.14. The van der Waals surface area contributed by atoms with Crippen LogP contribution in [0.4, 0.5) is 4.79 Å². The zero-order valence-corrected chi connectivity index (χ0v) is 10.1.